The lowest BCUT2D eigenvalue weighted by molar-refractivity contribution is -0.00993. The van der Waals surface area contributed by atoms with Crippen molar-refractivity contribution in [2.45, 2.75) is 59.3 Å². The van der Waals surface area contributed by atoms with Gasteiger partial charge in [-0.1, -0.05) is 27.7 Å². The first-order valence-electron chi connectivity index (χ1n) is 7.90. The minimum atomic E-state index is -0.437. The molecule has 0 saturated carbocycles. The zero-order valence-corrected chi connectivity index (χ0v) is 14.5. The number of hydrogen-bond donors (Lipinski definition) is 2. The zero-order chi connectivity index (χ0) is 15.7. The molecule has 0 amide bonds. The summed E-state index contributed by atoms with van der Waals surface area (Å²) in [5, 5.41) is 13.4. The molecule has 0 aromatic carbocycles. The Bertz CT molecular complexity index is 233. The molecule has 122 valence electrons. The van der Waals surface area contributed by atoms with Crippen LogP contribution in [0.5, 0.6) is 0 Å². The molecule has 0 rings (SSSR count). The van der Waals surface area contributed by atoms with Gasteiger partial charge in [0.1, 0.15) is 0 Å². The van der Waals surface area contributed by atoms with E-state index < -0.39 is 6.10 Å². The minimum Gasteiger partial charge on any atom is -0.389 e. The van der Waals surface area contributed by atoms with Gasteiger partial charge >= 0.3 is 0 Å². The van der Waals surface area contributed by atoms with Crippen molar-refractivity contribution in [2.24, 2.45) is 11.8 Å². The molecule has 3 atom stereocenters. The van der Waals surface area contributed by atoms with Gasteiger partial charge in [0, 0.05) is 19.1 Å². The van der Waals surface area contributed by atoms with Crippen molar-refractivity contribution in [2.75, 3.05) is 33.8 Å². The number of rotatable bonds is 11. The second-order valence-electron chi connectivity index (χ2n) is 6.95. The molecule has 0 aromatic heterocycles. The van der Waals surface area contributed by atoms with E-state index in [0.29, 0.717) is 31.0 Å². The van der Waals surface area contributed by atoms with Crippen molar-refractivity contribution >= 4 is 0 Å². The van der Waals surface area contributed by atoms with Crippen LogP contribution in [0.4, 0.5) is 0 Å². The number of hydrogen-bond acceptors (Lipinski definition) is 4. The van der Waals surface area contributed by atoms with Gasteiger partial charge in [-0.25, -0.2) is 0 Å². The molecule has 20 heavy (non-hydrogen) atoms. The van der Waals surface area contributed by atoms with E-state index in [0.717, 1.165) is 13.0 Å². The van der Waals surface area contributed by atoms with Crippen molar-refractivity contribution in [3.63, 3.8) is 0 Å². The first-order valence-corrected chi connectivity index (χ1v) is 7.90. The summed E-state index contributed by atoms with van der Waals surface area (Å²) in [6.07, 6.45) is 0.815. The maximum atomic E-state index is 10.00. The summed E-state index contributed by atoms with van der Waals surface area (Å²) in [5.41, 5.74) is 0. The Balaban J connectivity index is 3.92. The van der Waals surface area contributed by atoms with Gasteiger partial charge < -0.3 is 20.1 Å². The minimum absolute atomic E-state index is 0.215. The molecule has 0 aliphatic rings. The van der Waals surface area contributed by atoms with Gasteiger partial charge in [0.25, 0.3) is 0 Å². The van der Waals surface area contributed by atoms with Crippen LogP contribution in [-0.2, 0) is 4.74 Å². The molecule has 4 heteroatoms. The van der Waals surface area contributed by atoms with Crippen LogP contribution in [0.2, 0.25) is 0 Å². The Hall–Kier alpha value is -0.160. The van der Waals surface area contributed by atoms with E-state index in [-0.39, 0.29) is 6.10 Å². The van der Waals surface area contributed by atoms with Crippen LogP contribution in [0.3, 0.4) is 0 Å². The topological polar surface area (TPSA) is 44.7 Å². The van der Waals surface area contributed by atoms with Gasteiger partial charge in [0.05, 0.1) is 18.8 Å². The number of aliphatic hydroxyl groups excluding tert-OH is 1. The van der Waals surface area contributed by atoms with Crippen LogP contribution in [0.25, 0.3) is 0 Å². The van der Waals surface area contributed by atoms with Crippen LogP contribution in [0.15, 0.2) is 0 Å². The average molecular weight is 288 g/mol. The number of nitrogens with one attached hydrogen (secondary N) is 1. The predicted octanol–water partition coefficient (Wildman–Crippen LogP) is 1.97. The molecule has 0 saturated heterocycles. The first-order chi connectivity index (χ1) is 9.22. The quantitative estimate of drug-likeness (QED) is 0.610. The molecule has 2 N–H and O–H groups in total. The fourth-order valence-corrected chi connectivity index (χ4v) is 2.26. The summed E-state index contributed by atoms with van der Waals surface area (Å²) in [6, 6.07) is 0.396. The Morgan fingerprint density at radius 2 is 1.70 bits per heavy atom. The maximum absolute atomic E-state index is 10.00. The fraction of sp³-hybridized carbons (Fsp3) is 1.00. The van der Waals surface area contributed by atoms with E-state index in [2.05, 4.69) is 58.9 Å². The van der Waals surface area contributed by atoms with Crippen molar-refractivity contribution in [3.05, 3.63) is 0 Å². The van der Waals surface area contributed by atoms with Crippen LogP contribution in [-0.4, -0.2) is 62.0 Å². The van der Waals surface area contributed by atoms with Crippen LogP contribution in [0.1, 0.15) is 41.0 Å². The molecule has 0 heterocycles. The van der Waals surface area contributed by atoms with E-state index in [9.17, 15) is 5.11 Å². The third-order valence-electron chi connectivity index (χ3n) is 3.36. The highest BCUT2D eigenvalue weighted by Gasteiger charge is 2.16. The molecule has 0 spiro atoms. The van der Waals surface area contributed by atoms with Gasteiger partial charge in [-0.15, -0.1) is 0 Å². The second kappa shape index (κ2) is 10.6. The second-order valence-corrected chi connectivity index (χ2v) is 6.95. The predicted molar refractivity (Wildman–Crippen MR) is 86.1 cm³/mol. The Morgan fingerprint density at radius 1 is 1.10 bits per heavy atom. The van der Waals surface area contributed by atoms with Gasteiger partial charge in [0.2, 0.25) is 0 Å². The normalized spacial score (nSPS) is 16.9. The molecule has 0 aliphatic carbocycles. The fourth-order valence-electron chi connectivity index (χ4n) is 2.26. The maximum Gasteiger partial charge on any atom is 0.0897 e. The first kappa shape index (κ1) is 19.8. The van der Waals surface area contributed by atoms with Crippen molar-refractivity contribution in [1.82, 2.24) is 10.2 Å². The van der Waals surface area contributed by atoms with Crippen LogP contribution < -0.4 is 5.32 Å². The summed E-state index contributed by atoms with van der Waals surface area (Å²) in [5.74, 6) is 1.18. The Kier molecular flexibility index (Phi) is 10.5. The van der Waals surface area contributed by atoms with Crippen molar-refractivity contribution in [3.8, 4) is 0 Å². The van der Waals surface area contributed by atoms with E-state index in [1.165, 1.54) is 0 Å². The molecular weight excluding hydrogens is 252 g/mol. The average Bonchev–Trinajstić information content (AvgIpc) is 2.30. The molecule has 4 nitrogen and oxygen atoms in total. The largest absolute Gasteiger partial charge is 0.389 e. The van der Waals surface area contributed by atoms with E-state index in [1.807, 2.05) is 0 Å². The smallest absolute Gasteiger partial charge is 0.0897 e. The zero-order valence-electron chi connectivity index (χ0n) is 14.5. The van der Waals surface area contributed by atoms with Gasteiger partial charge in [-0.05, 0) is 39.3 Å². The summed E-state index contributed by atoms with van der Waals surface area (Å²) < 4.78 is 5.69. The molecule has 0 fully saturated rings. The van der Waals surface area contributed by atoms with E-state index >= 15 is 0 Å². The monoisotopic (exact) mass is 288 g/mol. The number of likely N-dealkylation sites (N-methyl/N-ethyl adjacent to an activating group) is 1. The third-order valence-corrected chi connectivity index (χ3v) is 3.36. The third kappa shape index (κ3) is 10.6. The Morgan fingerprint density at radius 3 is 2.15 bits per heavy atom. The summed E-state index contributed by atoms with van der Waals surface area (Å²) >= 11 is 0. The highest BCUT2D eigenvalue weighted by atomic mass is 16.5. The highest BCUT2D eigenvalue weighted by molar-refractivity contribution is 4.75. The number of nitrogens with zero attached hydrogens (tertiary/aromatic N) is 1. The van der Waals surface area contributed by atoms with Crippen LogP contribution >= 0.6 is 0 Å². The van der Waals surface area contributed by atoms with Crippen molar-refractivity contribution in [1.29, 1.82) is 0 Å². The number of ether oxygens (including phenoxy) is 1. The van der Waals surface area contributed by atoms with E-state index in [4.69, 9.17) is 4.74 Å². The summed E-state index contributed by atoms with van der Waals surface area (Å²) in [7, 11) is 4.15. The summed E-state index contributed by atoms with van der Waals surface area (Å²) in [4.78, 5) is 2.17. The molecule has 3 unspecified atom stereocenters. The SMILES string of the molecule is CC(C)CC(C)OCC(O)CNC(CN(C)C)C(C)C. The van der Waals surface area contributed by atoms with Gasteiger partial charge in [-0.3, -0.25) is 0 Å². The Labute approximate surface area is 125 Å². The van der Waals surface area contributed by atoms with E-state index in [1.54, 1.807) is 0 Å². The molecular formula is C16H36N2O2. The number of aliphatic hydroxyl groups is 1. The highest BCUT2D eigenvalue weighted by Crippen LogP contribution is 2.08. The van der Waals surface area contributed by atoms with Crippen LogP contribution in [0, 0.1) is 11.8 Å². The summed E-state index contributed by atoms with van der Waals surface area (Å²) in [6.45, 7) is 12.8. The van der Waals surface area contributed by atoms with Gasteiger partial charge in [0.15, 0.2) is 0 Å². The lowest BCUT2D eigenvalue weighted by Gasteiger charge is -2.27. The molecule has 0 radical (unpaired) electrons. The van der Waals surface area contributed by atoms with Gasteiger partial charge in [-0.2, -0.15) is 0 Å². The molecule has 0 aromatic rings. The van der Waals surface area contributed by atoms with Crippen molar-refractivity contribution < 1.29 is 9.84 Å². The standard InChI is InChI=1S/C16H36N2O2/c1-12(2)8-14(5)20-11-15(19)9-17-16(13(3)4)10-18(6)7/h12-17,19H,8-11H2,1-7H3. The lowest BCUT2D eigenvalue weighted by Crippen LogP contribution is -2.45. The lowest BCUT2D eigenvalue weighted by atomic mass is 10.0. The molecule has 0 aliphatic heterocycles. The molecule has 0 bridgehead atoms.